The van der Waals surface area contributed by atoms with Gasteiger partial charge >= 0.3 is 30.0 Å². The lowest BCUT2D eigenvalue weighted by atomic mass is 9.94. The number of esters is 4. The van der Waals surface area contributed by atoms with Gasteiger partial charge in [-0.1, -0.05) is 53.0 Å². The molecule has 0 bridgehead atoms. The molecule has 2 aliphatic carbocycles. The fourth-order valence-electron chi connectivity index (χ4n) is 9.91. The van der Waals surface area contributed by atoms with E-state index in [4.69, 9.17) is 61.2 Å². The van der Waals surface area contributed by atoms with Crippen LogP contribution in [-0.2, 0) is 33.3 Å². The average Bonchev–Trinajstić information content (AvgIpc) is 1.76. The molecule has 28 nitrogen and oxygen atoms in total. The van der Waals surface area contributed by atoms with Gasteiger partial charge < -0.3 is 76.9 Å². The Hall–Kier alpha value is -11.8. The molecule has 2 saturated carbocycles. The Morgan fingerprint density at radius 3 is 1.26 bits per heavy atom. The van der Waals surface area contributed by atoms with Gasteiger partial charge in [0.25, 0.3) is 23.6 Å². The van der Waals surface area contributed by atoms with E-state index in [9.17, 15) is 43.2 Å². The van der Waals surface area contributed by atoms with E-state index in [1.807, 2.05) is 0 Å². The number of hydrogen-bond donors (Lipinski definition) is 10. The number of amidine groups is 2. The molecule has 2 aliphatic rings. The highest BCUT2D eigenvalue weighted by Crippen LogP contribution is 2.38. The van der Waals surface area contributed by atoms with E-state index in [1.54, 1.807) is 109 Å². The lowest BCUT2D eigenvalue weighted by Crippen LogP contribution is -2.48. The molecule has 2 aromatic heterocycles. The summed E-state index contributed by atoms with van der Waals surface area (Å²) in [5.41, 5.74) is 19.0. The first-order chi connectivity index (χ1) is 48.7. The number of amides is 5. The van der Waals surface area contributed by atoms with Crippen molar-refractivity contribution in [3.63, 3.8) is 0 Å². The number of nitrogens with one attached hydrogen (secondary N) is 7. The minimum atomic E-state index is -1.48. The largest absolute Gasteiger partial charge is 0.496 e. The molecule has 0 saturated heterocycles. The lowest BCUT2D eigenvalue weighted by Gasteiger charge is -2.25. The number of carbonyl (C=O) groups is 9. The summed E-state index contributed by atoms with van der Waals surface area (Å²) in [6.45, 7) is 23.2. The van der Waals surface area contributed by atoms with Crippen molar-refractivity contribution in [1.29, 1.82) is 10.8 Å². The van der Waals surface area contributed by atoms with Crippen molar-refractivity contribution in [3.05, 3.63) is 166 Å². The van der Waals surface area contributed by atoms with Crippen LogP contribution in [0.4, 0.5) is 16.2 Å². The van der Waals surface area contributed by atoms with E-state index in [-0.39, 0.29) is 73.7 Å². The lowest BCUT2D eigenvalue weighted by molar-refractivity contribution is -0.170. The molecule has 8 rings (SSSR count). The molecule has 0 aliphatic heterocycles. The van der Waals surface area contributed by atoms with Gasteiger partial charge in [0.15, 0.2) is 11.4 Å². The maximum absolute atomic E-state index is 14.0. The summed E-state index contributed by atoms with van der Waals surface area (Å²) in [6, 6.07) is 22.6. The molecule has 5 amide bonds. The van der Waals surface area contributed by atoms with E-state index in [0.29, 0.717) is 70.1 Å². The maximum atomic E-state index is 14.0. The van der Waals surface area contributed by atoms with Crippen molar-refractivity contribution in [2.24, 2.45) is 40.9 Å². The Morgan fingerprint density at radius 2 is 0.932 bits per heavy atom. The first kappa shape index (κ1) is 78.5. The number of alkyl carbamates (subject to hydrolysis) is 1. The monoisotopic (exact) mass is 1410 g/mol. The summed E-state index contributed by atoms with van der Waals surface area (Å²) in [5, 5.41) is 29.0. The Morgan fingerprint density at radius 1 is 0.544 bits per heavy atom. The van der Waals surface area contributed by atoms with Crippen LogP contribution in [0.25, 0.3) is 34.4 Å². The number of aromatic nitrogens is 2. The van der Waals surface area contributed by atoms with Crippen molar-refractivity contribution in [1.82, 2.24) is 25.9 Å². The maximum Gasteiger partial charge on any atom is 0.408 e. The number of methoxy groups -OCH3 is 2. The van der Waals surface area contributed by atoms with Crippen LogP contribution >= 0.6 is 0 Å². The van der Waals surface area contributed by atoms with E-state index in [0.717, 1.165) is 25.7 Å². The van der Waals surface area contributed by atoms with Crippen LogP contribution in [0, 0.1) is 34.5 Å². The minimum absolute atomic E-state index is 0.0518. The zero-order valence-corrected chi connectivity index (χ0v) is 59.3. The molecular weight excluding hydrogens is 1320 g/mol. The van der Waals surface area contributed by atoms with E-state index in [1.165, 1.54) is 76.6 Å². The topological polar surface area (TPSA) is 430 Å². The van der Waals surface area contributed by atoms with Crippen molar-refractivity contribution < 1.29 is 76.3 Å². The zero-order valence-electron chi connectivity index (χ0n) is 59.3. The van der Waals surface area contributed by atoms with E-state index < -0.39 is 89.8 Å². The Kier molecular flexibility index (Phi) is 26.7. The molecule has 13 N–H and O–H groups in total. The predicted molar refractivity (Wildman–Crippen MR) is 386 cm³/mol. The molecule has 0 spiro atoms. The van der Waals surface area contributed by atoms with Gasteiger partial charge in [-0.25, -0.2) is 29.1 Å². The molecule has 544 valence electrons. The summed E-state index contributed by atoms with van der Waals surface area (Å²) < 4.78 is 38.1. The smallest absolute Gasteiger partial charge is 0.408 e. The third-order valence-corrected chi connectivity index (χ3v) is 16.0. The second-order valence-electron chi connectivity index (χ2n) is 26.0. The molecule has 2 fully saturated rings. The van der Waals surface area contributed by atoms with Gasteiger partial charge in [-0.3, -0.25) is 34.8 Å². The van der Waals surface area contributed by atoms with Crippen LogP contribution in [0.3, 0.4) is 0 Å². The molecule has 103 heavy (non-hydrogen) atoms. The third-order valence-electron chi connectivity index (χ3n) is 16.0. The Labute approximate surface area is 596 Å². The van der Waals surface area contributed by atoms with E-state index >= 15 is 0 Å². The number of benzene rings is 4. The number of ether oxygens (including phenoxy) is 7. The van der Waals surface area contributed by atoms with Crippen LogP contribution in [-0.4, -0.2) is 133 Å². The predicted octanol–water partition coefficient (Wildman–Crippen LogP) is 9.78. The first-order valence-corrected chi connectivity index (χ1v) is 33.1. The Bertz CT molecular complexity index is 4240. The number of nitrogen functional groups attached to an aromatic ring is 2. The molecule has 2 unspecified atom stereocenters. The Balaban J connectivity index is 0.000000291. The van der Waals surface area contributed by atoms with Gasteiger partial charge in [0.1, 0.15) is 52.2 Å². The molecule has 4 aromatic carbocycles. The van der Waals surface area contributed by atoms with Gasteiger partial charge in [0.2, 0.25) is 12.6 Å². The van der Waals surface area contributed by atoms with Crippen LogP contribution in [0.1, 0.15) is 173 Å². The van der Waals surface area contributed by atoms with Crippen LogP contribution in [0.5, 0.6) is 11.5 Å². The number of hydrogen-bond acceptors (Lipinski definition) is 21. The average molecular weight is 1410 g/mol. The molecule has 2 heterocycles. The fourth-order valence-corrected chi connectivity index (χ4v) is 9.91. The number of pyridine rings is 2. The molecular formula is C75H88N12O16. The number of anilines is 2. The highest BCUT2D eigenvalue weighted by Gasteiger charge is 2.34. The highest BCUT2D eigenvalue weighted by molar-refractivity contribution is 6.13. The zero-order chi connectivity index (χ0) is 75.7. The van der Waals surface area contributed by atoms with E-state index in [2.05, 4.69) is 49.7 Å². The summed E-state index contributed by atoms with van der Waals surface area (Å²) in [7, 11) is 2.88. The van der Waals surface area contributed by atoms with Crippen molar-refractivity contribution in [3.8, 4) is 33.8 Å². The second-order valence-corrected chi connectivity index (χ2v) is 26.0. The van der Waals surface area contributed by atoms with Gasteiger partial charge in [-0.05, 0) is 167 Å². The SMILES string of the molecule is C=Cc1cc(C(=O)Nc2ccc(C(=N)N)cc2)c(-c2ccc(C(=O)NCC3CC3)nc2C(=O)OC(C)OC(=O)[C@@H](N)C(C)C)cc1OC.C=Cc1cc(C(=O)Nc2ccc(C(=N)N)cc2)c(-c2ccc(C(=O)NCC3CC3)nc2C(=O)OC(C)OC(=O)[C@@H](NC(=O)OC(C)(C)C)C(C)C)cc1OC. The van der Waals surface area contributed by atoms with Crippen LogP contribution in [0.2, 0.25) is 0 Å². The highest BCUT2D eigenvalue weighted by atomic mass is 16.7. The van der Waals surface area contributed by atoms with Crippen molar-refractivity contribution in [2.75, 3.05) is 37.9 Å². The number of carbonyl (C=O) groups excluding carboxylic acids is 9. The first-order valence-electron chi connectivity index (χ1n) is 33.1. The third kappa shape index (κ3) is 21.8. The quantitative estimate of drug-likeness (QED) is 0.00686. The number of nitrogens with two attached hydrogens (primary N) is 3. The standard InChI is InChI=1S/C40H48N6O9.C35H40N6O7/c1-9-24-18-29(35(47)44-26-14-12-25(13-15-26)34(41)42)28(19-31(24)52-8)27-16-17-30(36(48)43-20-23-10-11-23)45-33(27)38(50)54-22(4)53-37(49)32(21(2)3)46-39(51)55-40(5,6)7;1-6-21-15-26(32(42)40-23-11-9-22(10-12-23)31(37)38)25(16-28(21)46-5)24-13-14-27(33(43)39-17-20-7-8-20)41-30(24)35(45)48-19(4)47-34(44)29(36)18(2)3/h9,12-19,21-23,32H,1,10-11,20H2,2-8H3,(H3,41,42)(H,43,48)(H,44,47)(H,46,51);6,9-16,18-20,29H,1,7-8,17,36H2,2-5H3,(H3,37,38)(H,39,43)(H,40,42)/t22?,32-;19?,29-/m00/s1. The molecule has 28 heteroatoms. The van der Waals surface area contributed by atoms with Crippen molar-refractivity contribution >= 4 is 88.8 Å². The normalized spacial score (nSPS) is 13.5. The molecule has 0 radical (unpaired) electrons. The summed E-state index contributed by atoms with van der Waals surface area (Å²) in [6.07, 6.45) is 3.40. The van der Waals surface area contributed by atoms with Gasteiger partial charge in [-0.15, -0.1) is 0 Å². The number of rotatable bonds is 29. The van der Waals surface area contributed by atoms with Gasteiger partial charge in [-0.2, -0.15) is 0 Å². The molecule has 6 aromatic rings. The molecule has 4 atom stereocenters. The number of nitrogens with zero attached hydrogens (tertiary/aromatic N) is 2. The van der Waals surface area contributed by atoms with Crippen LogP contribution in [0.15, 0.2) is 110 Å². The minimum Gasteiger partial charge on any atom is -0.496 e. The summed E-state index contributed by atoms with van der Waals surface area (Å²) >= 11 is 0. The van der Waals surface area contributed by atoms with Gasteiger partial charge in [0, 0.05) is 93.9 Å². The van der Waals surface area contributed by atoms with Crippen molar-refractivity contribution in [2.45, 2.75) is 118 Å². The summed E-state index contributed by atoms with van der Waals surface area (Å²) in [4.78, 5) is 128. The fraction of sp³-hybridized carbons (Fsp3) is 0.347. The van der Waals surface area contributed by atoms with Crippen LogP contribution < -0.4 is 53.3 Å². The summed E-state index contributed by atoms with van der Waals surface area (Å²) in [5.74, 6) is -5.34. The van der Waals surface area contributed by atoms with Gasteiger partial charge in [0.05, 0.1) is 14.2 Å². The second kappa shape index (κ2) is 35.0.